The largest absolute Gasteiger partial charge is 0.497 e. The quantitative estimate of drug-likeness (QED) is 0.382. The van der Waals surface area contributed by atoms with Crippen LogP contribution in [0.3, 0.4) is 0 Å². The molecule has 6 nitrogen and oxygen atoms in total. The smallest absolute Gasteiger partial charge is 0.250 e. The highest BCUT2D eigenvalue weighted by atomic mass is 32.2. The summed E-state index contributed by atoms with van der Waals surface area (Å²) in [6.45, 7) is 1.83. The van der Waals surface area contributed by atoms with Crippen LogP contribution in [-0.2, 0) is 4.79 Å². The predicted molar refractivity (Wildman–Crippen MR) is 86.1 cm³/mol. The molecule has 1 aromatic carbocycles. The monoisotopic (exact) mass is 316 g/mol. The van der Waals surface area contributed by atoms with Crippen LogP contribution in [0.25, 0.3) is 0 Å². The summed E-state index contributed by atoms with van der Waals surface area (Å²) in [6.07, 6.45) is 3.28. The van der Waals surface area contributed by atoms with Crippen LogP contribution in [-0.4, -0.2) is 34.4 Å². The summed E-state index contributed by atoms with van der Waals surface area (Å²) in [7, 11) is 1.62. The fourth-order valence-corrected chi connectivity index (χ4v) is 2.16. The predicted octanol–water partition coefficient (Wildman–Crippen LogP) is 2.12. The highest BCUT2D eigenvalue weighted by molar-refractivity contribution is 7.99. The lowest BCUT2D eigenvalue weighted by molar-refractivity contribution is -0.118. The van der Waals surface area contributed by atoms with Crippen LogP contribution in [0.5, 0.6) is 5.75 Å². The zero-order valence-corrected chi connectivity index (χ0v) is 13.1. The Kier molecular flexibility index (Phi) is 5.91. The van der Waals surface area contributed by atoms with Gasteiger partial charge in [-0.2, -0.15) is 5.10 Å². The third-order valence-corrected chi connectivity index (χ3v) is 3.61. The summed E-state index contributed by atoms with van der Waals surface area (Å²) in [5, 5.41) is 4.65. The Morgan fingerprint density at radius 2 is 1.95 bits per heavy atom. The Morgan fingerprint density at radius 3 is 2.59 bits per heavy atom. The third kappa shape index (κ3) is 4.85. The molecular formula is C15H16N4O2S. The van der Waals surface area contributed by atoms with Crippen molar-refractivity contribution in [2.45, 2.75) is 12.1 Å². The van der Waals surface area contributed by atoms with E-state index in [1.807, 2.05) is 31.2 Å². The Morgan fingerprint density at radius 1 is 1.27 bits per heavy atom. The molecular weight excluding hydrogens is 300 g/mol. The molecule has 0 unspecified atom stereocenters. The molecule has 0 aliphatic rings. The van der Waals surface area contributed by atoms with Gasteiger partial charge in [0.05, 0.1) is 18.6 Å². The van der Waals surface area contributed by atoms with Crippen molar-refractivity contribution in [1.82, 2.24) is 15.4 Å². The molecule has 0 aliphatic carbocycles. The van der Waals surface area contributed by atoms with E-state index in [4.69, 9.17) is 4.74 Å². The van der Waals surface area contributed by atoms with Crippen LogP contribution in [0.1, 0.15) is 12.5 Å². The third-order valence-electron chi connectivity index (χ3n) is 2.73. The maximum atomic E-state index is 11.7. The normalized spacial score (nSPS) is 11.1. The van der Waals surface area contributed by atoms with Gasteiger partial charge in [0, 0.05) is 12.4 Å². The molecule has 1 amide bonds. The summed E-state index contributed by atoms with van der Waals surface area (Å²) >= 11 is 1.26. The van der Waals surface area contributed by atoms with Crippen LogP contribution >= 0.6 is 11.8 Å². The van der Waals surface area contributed by atoms with Crippen LogP contribution in [0, 0.1) is 0 Å². The number of hydrazone groups is 1. The van der Waals surface area contributed by atoms with Crippen molar-refractivity contribution in [3.05, 3.63) is 48.3 Å². The number of carbonyl (C=O) groups excluding carboxylic acids is 1. The molecule has 1 heterocycles. The van der Waals surface area contributed by atoms with Crippen molar-refractivity contribution >= 4 is 23.4 Å². The number of carbonyl (C=O) groups is 1. The van der Waals surface area contributed by atoms with Gasteiger partial charge in [0.1, 0.15) is 5.75 Å². The van der Waals surface area contributed by atoms with Gasteiger partial charge in [0.15, 0.2) is 5.16 Å². The van der Waals surface area contributed by atoms with Gasteiger partial charge in [-0.3, -0.25) is 4.79 Å². The van der Waals surface area contributed by atoms with Crippen LogP contribution in [0.4, 0.5) is 0 Å². The molecule has 2 aromatic rings. The van der Waals surface area contributed by atoms with Crippen molar-refractivity contribution in [3.63, 3.8) is 0 Å². The van der Waals surface area contributed by atoms with E-state index in [2.05, 4.69) is 20.5 Å². The number of methoxy groups -OCH3 is 1. The number of hydrogen-bond donors (Lipinski definition) is 1. The van der Waals surface area contributed by atoms with Crippen LogP contribution < -0.4 is 10.2 Å². The Labute approximate surface area is 133 Å². The van der Waals surface area contributed by atoms with Gasteiger partial charge >= 0.3 is 0 Å². The molecule has 0 spiro atoms. The molecule has 1 N–H and O–H groups in total. The highest BCUT2D eigenvalue weighted by Gasteiger charge is 2.04. The zero-order chi connectivity index (χ0) is 15.8. The van der Waals surface area contributed by atoms with E-state index in [1.54, 1.807) is 25.6 Å². The second-order valence-corrected chi connectivity index (χ2v) is 5.22. The van der Waals surface area contributed by atoms with E-state index < -0.39 is 0 Å². The minimum atomic E-state index is -0.203. The minimum Gasteiger partial charge on any atom is -0.497 e. The molecule has 0 saturated carbocycles. The molecule has 114 valence electrons. The fourth-order valence-electron chi connectivity index (χ4n) is 1.57. The molecule has 0 bridgehead atoms. The van der Waals surface area contributed by atoms with E-state index in [9.17, 15) is 4.79 Å². The molecule has 0 radical (unpaired) electrons. The SMILES string of the molecule is COc1ccc(C(C)=NNC(=O)CSc2ncccn2)cc1. The summed E-state index contributed by atoms with van der Waals surface area (Å²) in [4.78, 5) is 19.8. The number of benzene rings is 1. The summed E-state index contributed by atoms with van der Waals surface area (Å²) in [5.74, 6) is 0.786. The molecule has 0 aliphatic heterocycles. The van der Waals surface area contributed by atoms with Crippen molar-refractivity contribution in [1.29, 1.82) is 0 Å². The van der Waals surface area contributed by atoms with Crippen molar-refractivity contribution in [2.24, 2.45) is 5.10 Å². The first-order valence-electron chi connectivity index (χ1n) is 6.56. The lowest BCUT2D eigenvalue weighted by Crippen LogP contribution is -2.21. The van der Waals surface area contributed by atoms with Crippen LogP contribution in [0.2, 0.25) is 0 Å². The highest BCUT2D eigenvalue weighted by Crippen LogP contribution is 2.12. The number of ether oxygens (including phenoxy) is 1. The van der Waals surface area contributed by atoms with Gasteiger partial charge in [-0.25, -0.2) is 15.4 Å². The van der Waals surface area contributed by atoms with Gasteiger partial charge in [0.2, 0.25) is 0 Å². The van der Waals surface area contributed by atoms with Crippen molar-refractivity contribution in [2.75, 3.05) is 12.9 Å². The number of amides is 1. The Hall–Kier alpha value is -2.41. The Bertz CT molecular complexity index is 644. The van der Waals surface area contributed by atoms with Gasteiger partial charge < -0.3 is 4.74 Å². The van der Waals surface area contributed by atoms with Crippen molar-refractivity contribution < 1.29 is 9.53 Å². The maximum absolute atomic E-state index is 11.7. The Balaban J connectivity index is 1.85. The van der Waals surface area contributed by atoms with E-state index in [-0.39, 0.29) is 11.7 Å². The van der Waals surface area contributed by atoms with Gasteiger partial charge in [-0.1, -0.05) is 11.8 Å². The van der Waals surface area contributed by atoms with E-state index in [0.717, 1.165) is 17.0 Å². The van der Waals surface area contributed by atoms with Crippen LogP contribution in [0.15, 0.2) is 53.0 Å². The lowest BCUT2D eigenvalue weighted by Gasteiger charge is -2.04. The first-order valence-corrected chi connectivity index (χ1v) is 7.55. The van der Waals surface area contributed by atoms with Gasteiger partial charge in [0.25, 0.3) is 5.91 Å². The first-order chi connectivity index (χ1) is 10.7. The molecule has 0 atom stereocenters. The summed E-state index contributed by atoms with van der Waals surface area (Å²) < 4.78 is 5.10. The number of thioether (sulfide) groups is 1. The number of hydrogen-bond acceptors (Lipinski definition) is 6. The second kappa shape index (κ2) is 8.14. The number of aromatic nitrogens is 2. The first kappa shape index (κ1) is 16.0. The van der Waals surface area contributed by atoms with E-state index in [0.29, 0.717) is 5.16 Å². The van der Waals surface area contributed by atoms with Gasteiger partial charge in [-0.05, 0) is 42.8 Å². The number of nitrogens with zero attached hydrogens (tertiary/aromatic N) is 3. The zero-order valence-electron chi connectivity index (χ0n) is 12.3. The van der Waals surface area contributed by atoms with E-state index in [1.165, 1.54) is 11.8 Å². The standard InChI is InChI=1S/C15H16N4O2S/c1-11(12-4-6-13(21-2)7-5-12)18-19-14(20)10-22-15-16-8-3-9-17-15/h3-9H,10H2,1-2H3,(H,19,20). The molecule has 0 fully saturated rings. The molecule has 0 saturated heterocycles. The summed E-state index contributed by atoms with van der Waals surface area (Å²) in [6, 6.07) is 9.19. The lowest BCUT2D eigenvalue weighted by atomic mass is 10.1. The molecule has 1 aromatic heterocycles. The number of rotatable bonds is 6. The number of nitrogens with one attached hydrogen (secondary N) is 1. The van der Waals surface area contributed by atoms with E-state index >= 15 is 0 Å². The average Bonchev–Trinajstić information content (AvgIpc) is 2.58. The maximum Gasteiger partial charge on any atom is 0.250 e. The molecule has 2 rings (SSSR count). The minimum absolute atomic E-state index is 0.203. The fraction of sp³-hybridized carbons (Fsp3) is 0.200. The molecule has 22 heavy (non-hydrogen) atoms. The molecule has 7 heteroatoms. The summed E-state index contributed by atoms with van der Waals surface area (Å²) in [5.41, 5.74) is 4.16. The topological polar surface area (TPSA) is 76.5 Å². The van der Waals surface area contributed by atoms with Crippen molar-refractivity contribution in [3.8, 4) is 5.75 Å². The second-order valence-electron chi connectivity index (χ2n) is 4.28. The van der Waals surface area contributed by atoms with Gasteiger partial charge in [-0.15, -0.1) is 0 Å². The average molecular weight is 316 g/mol.